The van der Waals surface area contributed by atoms with E-state index < -0.39 is 31.9 Å². The number of rotatable bonds is 7. The van der Waals surface area contributed by atoms with Gasteiger partial charge in [-0.05, 0) is 23.3 Å². The Morgan fingerprint density at radius 2 is 1.74 bits per heavy atom. The molecule has 0 saturated carbocycles. The third-order valence-electron chi connectivity index (χ3n) is 3.37. The van der Waals surface area contributed by atoms with Gasteiger partial charge < -0.3 is 15.1 Å². The highest BCUT2D eigenvalue weighted by Crippen LogP contribution is 2.38. The quantitative estimate of drug-likeness (QED) is 0.565. The molecule has 122 valence electrons. The standard InChI is InChI=1S/C15H16NO6P/c17-14(18)9-8-12(15(19)20)16-23(21,22)13-7-3-5-10-4-1-2-6-11(10)13/h1-7,12H,8-9H2,(H,17,18)(H,19,20)(H2,16,21,22). The van der Waals surface area contributed by atoms with E-state index in [1.54, 1.807) is 36.4 Å². The van der Waals surface area contributed by atoms with Crippen molar-refractivity contribution in [2.24, 2.45) is 0 Å². The van der Waals surface area contributed by atoms with Gasteiger partial charge in [0.1, 0.15) is 6.04 Å². The first kappa shape index (κ1) is 17.1. The van der Waals surface area contributed by atoms with E-state index in [0.717, 1.165) is 5.39 Å². The van der Waals surface area contributed by atoms with E-state index in [-0.39, 0.29) is 11.7 Å². The van der Waals surface area contributed by atoms with Crippen LogP contribution in [0.4, 0.5) is 0 Å². The number of carbonyl (C=O) groups is 2. The molecule has 2 unspecified atom stereocenters. The van der Waals surface area contributed by atoms with E-state index in [2.05, 4.69) is 5.09 Å². The van der Waals surface area contributed by atoms with Crippen LogP contribution in [0.2, 0.25) is 0 Å². The molecule has 0 heterocycles. The molecule has 2 aromatic rings. The molecule has 0 radical (unpaired) electrons. The van der Waals surface area contributed by atoms with Crippen LogP contribution in [0, 0.1) is 0 Å². The van der Waals surface area contributed by atoms with Crippen molar-refractivity contribution in [3.05, 3.63) is 42.5 Å². The maximum Gasteiger partial charge on any atom is 0.321 e. The molecular formula is C15H16NO6P. The molecule has 0 aromatic heterocycles. The van der Waals surface area contributed by atoms with E-state index in [9.17, 15) is 19.0 Å². The van der Waals surface area contributed by atoms with Crippen molar-refractivity contribution in [3.8, 4) is 0 Å². The van der Waals surface area contributed by atoms with Crippen molar-refractivity contribution in [2.75, 3.05) is 0 Å². The third kappa shape index (κ3) is 4.16. The van der Waals surface area contributed by atoms with E-state index in [1.807, 2.05) is 0 Å². The summed E-state index contributed by atoms with van der Waals surface area (Å²) in [6.07, 6.45) is -0.709. The first-order valence-electron chi connectivity index (χ1n) is 6.85. The highest BCUT2D eigenvalue weighted by Gasteiger charge is 2.30. The summed E-state index contributed by atoms with van der Waals surface area (Å²) in [6, 6.07) is 10.3. The van der Waals surface area contributed by atoms with Crippen molar-refractivity contribution < 1.29 is 29.3 Å². The second kappa shape index (κ2) is 6.91. The SMILES string of the molecule is O=C(O)CCC(NP(=O)(O)c1cccc2ccccc12)C(=O)O. The fourth-order valence-electron chi connectivity index (χ4n) is 2.26. The lowest BCUT2D eigenvalue weighted by atomic mass is 10.1. The molecule has 7 nitrogen and oxygen atoms in total. The van der Waals surface area contributed by atoms with Gasteiger partial charge in [0.25, 0.3) is 7.52 Å². The van der Waals surface area contributed by atoms with Gasteiger partial charge in [0.2, 0.25) is 0 Å². The largest absolute Gasteiger partial charge is 0.481 e. The second-order valence-corrected chi connectivity index (χ2v) is 6.92. The van der Waals surface area contributed by atoms with Gasteiger partial charge in [-0.15, -0.1) is 0 Å². The van der Waals surface area contributed by atoms with Crippen LogP contribution in [0.3, 0.4) is 0 Å². The van der Waals surface area contributed by atoms with Gasteiger partial charge in [-0.1, -0.05) is 36.4 Å². The molecule has 2 atom stereocenters. The molecule has 2 rings (SSSR count). The van der Waals surface area contributed by atoms with E-state index in [4.69, 9.17) is 10.2 Å². The van der Waals surface area contributed by atoms with Gasteiger partial charge >= 0.3 is 11.9 Å². The van der Waals surface area contributed by atoms with Crippen molar-refractivity contribution in [1.82, 2.24) is 5.09 Å². The lowest BCUT2D eigenvalue weighted by Gasteiger charge is -2.20. The van der Waals surface area contributed by atoms with Crippen molar-refractivity contribution in [3.63, 3.8) is 0 Å². The molecule has 0 aliphatic carbocycles. The summed E-state index contributed by atoms with van der Waals surface area (Å²) in [6.45, 7) is 0. The maximum atomic E-state index is 12.6. The molecule has 4 N–H and O–H groups in total. The topological polar surface area (TPSA) is 124 Å². The lowest BCUT2D eigenvalue weighted by Crippen LogP contribution is -2.37. The summed E-state index contributed by atoms with van der Waals surface area (Å²) in [4.78, 5) is 32.1. The van der Waals surface area contributed by atoms with E-state index in [1.165, 1.54) is 6.07 Å². The summed E-state index contributed by atoms with van der Waals surface area (Å²) in [5.74, 6) is -2.54. The average Bonchev–Trinajstić information content (AvgIpc) is 2.50. The Bertz CT molecular complexity index is 785. The Labute approximate surface area is 132 Å². The number of nitrogens with one attached hydrogen (secondary N) is 1. The zero-order valence-corrected chi connectivity index (χ0v) is 12.9. The number of aliphatic carboxylic acids is 2. The maximum absolute atomic E-state index is 12.6. The number of hydrogen-bond donors (Lipinski definition) is 4. The van der Waals surface area contributed by atoms with E-state index in [0.29, 0.717) is 5.39 Å². The smallest absolute Gasteiger partial charge is 0.321 e. The second-order valence-electron chi connectivity index (χ2n) is 5.03. The monoisotopic (exact) mass is 337 g/mol. The summed E-state index contributed by atoms with van der Waals surface area (Å²) >= 11 is 0. The summed E-state index contributed by atoms with van der Waals surface area (Å²) < 4.78 is 12.6. The Kier molecular flexibility index (Phi) is 5.15. The number of benzene rings is 2. The lowest BCUT2D eigenvalue weighted by molar-refractivity contribution is -0.140. The van der Waals surface area contributed by atoms with Gasteiger partial charge in [-0.2, -0.15) is 0 Å². The molecule has 8 heteroatoms. The van der Waals surface area contributed by atoms with Crippen LogP contribution in [0.5, 0.6) is 0 Å². The van der Waals surface area contributed by atoms with Gasteiger partial charge in [0.15, 0.2) is 0 Å². The van der Waals surface area contributed by atoms with Gasteiger partial charge in [0.05, 0.1) is 5.30 Å². The molecule has 0 saturated heterocycles. The fraction of sp³-hybridized carbons (Fsp3) is 0.200. The Balaban J connectivity index is 2.33. The van der Waals surface area contributed by atoms with Crippen molar-refractivity contribution >= 4 is 35.5 Å². The van der Waals surface area contributed by atoms with Crippen LogP contribution in [0.15, 0.2) is 42.5 Å². The number of fused-ring (bicyclic) bond motifs is 1. The zero-order chi connectivity index (χ0) is 17.0. The average molecular weight is 337 g/mol. The minimum absolute atomic E-state index is 0.0946. The molecule has 0 aliphatic rings. The van der Waals surface area contributed by atoms with Crippen molar-refractivity contribution in [2.45, 2.75) is 18.9 Å². The van der Waals surface area contributed by atoms with E-state index >= 15 is 0 Å². The van der Waals surface area contributed by atoms with Crippen LogP contribution in [-0.2, 0) is 14.2 Å². The Morgan fingerprint density at radius 3 is 2.39 bits per heavy atom. The van der Waals surface area contributed by atoms with Crippen LogP contribution < -0.4 is 10.4 Å². The predicted molar refractivity (Wildman–Crippen MR) is 84.8 cm³/mol. The highest BCUT2D eigenvalue weighted by atomic mass is 31.2. The summed E-state index contributed by atoms with van der Waals surface area (Å²) in [5, 5.41) is 21.4. The minimum atomic E-state index is -4.18. The van der Waals surface area contributed by atoms with Gasteiger partial charge in [0, 0.05) is 6.42 Å². The van der Waals surface area contributed by atoms with Gasteiger partial charge in [-0.25, -0.2) is 5.09 Å². The minimum Gasteiger partial charge on any atom is -0.481 e. The summed E-state index contributed by atoms with van der Waals surface area (Å²) in [7, 11) is -4.18. The van der Waals surface area contributed by atoms with Crippen LogP contribution in [0.25, 0.3) is 10.8 Å². The predicted octanol–water partition coefficient (Wildman–Crippen LogP) is 1.56. The number of carboxylic acid groups (broad SMARTS) is 2. The molecule has 0 aliphatic heterocycles. The third-order valence-corrected chi connectivity index (χ3v) is 5.07. The van der Waals surface area contributed by atoms with Crippen LogP contribution >= 0.6 is 7.52 Å². The fourth-order valence-corrected chi connectivity index (χ4v) is 3.88. The normalized spacial score (nSPS) is 15.0. The Morgan fingerprint density at radius 1 is 1.09 bits per heavy atom. The molecule has 0 bridgehead atoms. The number of carboxylic acids is 2. The Hall–Kier alpha value is -2.21. The molecule has 2 aromatic carbocycles. The molecule has 23 heavy (non-hydrogen) atoms. The first-order chi connectivity index (χ1) is 10.8. The van der Waals surface area contributed by atoms with Crippen molar-refractivity contribution in [1.29, 1.82) is 0 Å². The summed E-state index contributed by atoms with van der Waals surface area (Å²) in [5.41, 5.74) is 0. The molecular weight excluding hydrogens is 321 g/mol. The van der Waals surface area contributed by atoms with Crippen LogP contribution in [0.1, 0.15) is 12.8 Å². The number of hydrogen-bond acceptors (Lipinski definition) is 3. The molecule has 0 amide bonds. The highest BCUT2D eigenvalue weighted by molar-refractivity contribution is 7.64. The zero-order valence-electron chi connectivity index (χ0n) is 12.0. The van der Waals surface area contributed by atoms with Gasteiger partial charge in [-0.3, -0.25) is 14.2 Å². The van der Waals surface area contributed by atoms with Crippen LogP contribution in [-0.4, -0.2) is 33.1 Å². The molecule has 0 fully saturated rings. The molecule has 0 spiro atoms. The first-order valence-corrected chi connectivity index (χ1v) is 8.51.